The lowest BCUT2D eigenvalue weighted by Gasteiger charge is -2.18. The van der Waals surface area contributed by atoms with Crippen LogP contribution >= 0.6 is 0 Å². The van der Waals surface area contributed by atoms with Gasteiger partial charge in [0, 0.05) is 49.0 Å². The Morgan fingerprint density at radius 1 is 0.444 bits per heavy atom. The fraction of sp³-hybridized carbons (Fsp3) is 0.410. The van der Waals surface area contributed by atoms with E-state index in [4.69, 9.17) is 37.9 Å². The van der Waals surface area contributed by atoms with Crippen LogP contribution in [0.4, 0.5) is 0 Å². The summed E-state index contributed by atoms with van der Waals surface area (Å²) in [6.45, 7) is 5.49. The van der Waals surface area contributed by atoms with Crippen molar-refractivity contribution in [3.05, 3.63) is 90.8 Å². The van der Waals surface area contributed by atoms with Gasteiger partial charge in [0.15, 0.2) is 0 Å². The first kappa shape index (κ1) is 40.2. The quantitative estimate of drug-likeness (QED) is 0.287. The number of nitrogens with zero attached hydrogens (tertiary/aromatic N) is 3. The Bertz CT molecular complexity index is 1580. The molecule has 0 saturated heterocycles. The van der Waals surface area contributed by atoms with Crippen molar-refractivity contribution < 1.29 is 47.5 Å². The fourth-order valence-electron chi connectivity index (χ4n) is 5.16. The summed E-state index contributed by atoms with van der Waals surface area (Å²) in [5.41, 5.74) is 3.83. The van der Waals surface area contributed by atoms with E-state index in [0.717, 1.165) is 22.3 Å². The number of hydrogen-bond donors (Lipinski definition) is 2. The second-order valence-electron chi connectivity index (χ2n) is 11.6. The number of rotatable bonds is 2. The lowest BCUT2D eigenvalue weighted by molar-refractivity contribution is 0.00975. The number of fused-ring (bicyclic) bond motifs is 28. The van der Waals surface area contributed by atoms with Crippen LogP contribution in [0.3, 0.4) is 0 Å². The fourth-order valence-corrected chi connectivity index (χ4v) is 5.16. The number of hydrogen-bond acceptors (Lipinski definition) is 13. The minimum absolute atomic E-state index is 0.135. The molecule has 288 valence electrons. The molecule has 2 aliphatic heterocycles. The second-order valence-corrected chi connectivity index (χ2v) is 11.6. The average molecular weight is 746 g/mol. The highest BCUT2D eigenvalue weighted by Gasteiger charge is 2.16. The summed E-state index contributed by atoms with van der Waals surface area (Å²) in [6.07, 6.45) is 6.95. The van der Waals surface area contributed by atoms with Crippen molar-refractivity contribution in [2.75, 3.05) is 106 Å². The predicted molar refractivity (Wildman–Crippen MR) is 198 cm³/mol. The zero-order valence-electron chi connectivity index (χ0n) is 30.2. The molecular weight excluding hydrogens is 698 g/mol. The van der Waals surface area contributed by atoms with Gasteiger partial charge in [0.25, 0.3) is 11.8 Å². The monoisotopic (exact) mass is 745 g/mol. The maximum Gasteiger partial charge on any atom is 0.269 e. The normalized spacial score (nSPS) is 17.4. The van der Waals surface area contributed by atoms with Crippen LogP contribution in [0.25, 0.3) is 22.3 Å². The van der Waals surface area contributed by atoms with Crippen LogP contribution in [-0.2, 0) is 28.4 Å². The average Bonchev–Trinajstić information content (AvgIpc) is 3.21. The molecule has 54 heavy (non-hydrogen) atoms. The van der Waals surface area contributed by atoms with E-state index < -0.39 is 11.8 Å². The van der Waals surface area contributed by atoms with E-state index in [-0.39, 0.29) is 24.5 Å². The summed E-state index contributed by atoms with van der Waals surface area (Å²) < 4.78 is 46.4. The zero-order valence-corrected chi connectivity index (χ0v) is 30.2. The third kappa shape index (κ3) is 13.7. The van der Waals surface area contributed by atoms with Gasteiger partial charge in [-0.05, 0) is 59.7 Å². The van der Waals surface area contributed by atoms with Crippen LogP contribution in [0, 0.1) is 0 Å². The third-order valence-corrected chi connectivity index (χ3v) is 7.80. The molecule has 4 aromatic rings. The van der Waals surface area contributed by atoms with Crippen molar-refractivity contribution >= 4 is 11.8 Å². The van der Waals surface area contributed by atoms with Crippen molar-refractivity contribution in [1.29, 1.82) is 0 Å². The Hall–Kier alpha value is -5.03. The van der Waals surface area contributed by atoms with Crippen LogP contribution in [-0.4, -0.2) is 132 Å². The molecule has 2 aliphatic rings. The number of aromatic nitrogens is 3. The molecule has 0 fully saturated rings. The minimum Gasteiger partial charge on any atom is -0.491 e. The second kappa shape index (κ2) is 23.6. The summed E-state index contributed by atoms with van der Waals surface area (Å²) >= 11 is 0. The smallest absolute Gasteiger partial charge is 0.269 e. The van der Waals surface area contributed by atoms with Gasteiger partial charge in [-0.25, -0.2) is 4.98 Å². The number of pyridine rings is 3. The molecule has 15 nitrogen and oxygen atoms in total. The largest absolute Gasteiger partial charge is 0.491 e. The predicted octanol–water partition coefficient (Wildman–Crippen LogP) is 3.24. The molecule has 4 bridgehead atoms. The van der Waals surface area contributed by atoms with E-state index >= 15 is 0 Å². The first-order valence-corrected chi connectivity index (χ1v) is 17.9. The molecule has 3 aromatic heterocycles. The topological polar surface area (TPSA) is 171 Å². The summed E-state index contributed by atoms with van der Waals surface area (Å²) in [5.74, 6) is 0.543. The Morgan fingerprint density at radius 3 is 1.19 bits per heavy atom. The van der Waals surface area contributed by atoms with E-state index in [0.29, 0.717) is 104 Å². The van der Waals surface area contributed by atoms with Gasteiger partial charge in [-0.15, -0.1) is 0 Å². The standard InChI is InChI=1S/C39H47N5O10/c45-38-34-2-1-3-35(44-34)39(46)43-13-15-48-17-19-50-21-23-52-25-27-54-37-29-32(30-4-8-40-9-5-30)36(28-33(37)31-6-10-41-11-7-31)53-26-24-51-22-20-49-18-16-47-14-12-42-38/h1-11,28-29H,12-27H2,(H,42,45)(H,43,46). The molecule has 2 amide bonds. The van der Waals surface area contributed by atoms with Crippen LogP contribution < -0.4 is 20.1 Å². The van der Waals surface area contributed by atoms with E-state index in [9.17, 15) is 9.59 Å². The lowest BCUT2D eigenvalue weighted by atomic mass is 9.99. The molecule has 0 spiro atoms. The van der Waals surface area contributed by atoms with Gasteiger partial charge >= 0.3 is 0 Å². The molecule has 5 heterocycles. The molecule has 15 heteroatoms. The van der Waals surface area contributed by atoms with Crippen molar-refractivity contribution in [2.45, 2.75) is 0 Å². The van der Waals surface area contributed by atoms with Crippen molar-refractivity contribution in [1.82, 2.24) is 25.6 Å². The van der Waals surface area contributed by atoms with E-state index in [1.165, 1.54) is 0 Å². The summed E-state index contributed by atoms with van der Waals surface area (Å²) in [5, 5.41) is 5.49. The number of ether oxygens (including phenoxy) is 8. The van der Waals surface area contributed by atoms with Crippen LogP contribution in [0.5, 0.6) is 11.5 Å². The van der Waals surface area contributed by atoms with E-state index in [1.54, 1.807) is 43.0 Å². The SMILES string of the molecule is O=C1NCCOCCOCCOCCOc2cc(-c3ccncc3)c(cc2-c2ccncc2)OCCOCCOCCOCCNC(=O)c2cccc1n2. The minimum atomic E-state index is -0.403. The molecule has 0 radical (unpaired) electrons. The van der Waals surface area contributed by atoms with Gasteiger partial charge in [0.2, 0.25) is 0 Å². The van der Waals surface area contributed by atoms with Crippen molar-refractivity contribution in [3.8, 4) is 33.8 Å². The molecule has 0 unspecified atom stereocenters. The Balaban J connectivity index is 1.17. The van der Waals surface area contributed by atoms with Crippen LogP contribution in [0.15, 0.2) is 79.4 Å². The molecule has 0 aliphatic carbocycles. The van der Waals surface area contributed by atoms with Crippen molar-refractivity contribution in [2.24, 2.45) is 0 Å². The van der Waals surface area contributed by atoms with E-state index in [2.05, 4.69) is 25.6 Å². The van der Waals surface area contributed by atoms with Gasteiger partial charge in [-0.3, -0.25) is 19.6 Å². The van der Waals surface area contributed by atoms with Gasteiger partial charge in [-0.1, -0.05) is 6.07 Å². The van der Waals surface area contributed by atoms with E-state index in [1.807, 2.05) is 36.4 Å². The first-order chi connectivity index (χ1) is 26.7. The molecule has 0 saturated carbocycles. The highest BCUT2D eigenvalue weighted by molar-refractivity contribution is 5.96. The molecule has 1 aromatic carbocycles. The Kier molecular flexibility index (Phi) is 17.5. The molecule has 0 atom stereocenters. The van der Waals surface area contributed by atoms with Gasteiger partial charge in [-0.2, -0.15) is 0 Å². The molecular formula is C39H47N5O10. The lowest BCUT2D eigenvalue weighted by Crippen LogP contribution is -2.31. The Labute approximate surface area is 314 Å². The molecule has 6 rings (SSSR count). The summed E-state index contributed by atoms with van der Waals surface area (Å²) in [6, 6.07) is 16.3. The first-order valence-electron chi connectivity index (χ1n) is 17.9. The van der Waals surface area contributed by atoms with Gasteiger partial charge in [0.05, 0.1) is 79.3 Å². The van der Waals surface area contributed by atoms with Gasteiger partial charge in [0.1, 0.15) is 36.1 Å². The van der Waals surface area contributed by atoms with Crippen LogP contribution in [0.1, 0.15) is 21.0 Å². The maximum atomic E-state index is 12.5. The summed E-state index contributed by atoms with van der Waals surface area (Å²) in [7, 11) is 0. The number of carbonyl (C=O) groups excluding carboxylic acids is 2. The number of benzene rings is 1. The zero-order chi connectivity index (χ0) is 37.5. The summed E-state index contributed by atoms with van der Waals surface area (Å²) in [4.78, 5) is 37.6. The maximum absolute atomic E-state index is 12.5. The highest BCUT2D eigenvalue weighted by Crippen LogP contribution is 2.41. The van der Waals surface area contributed by atoms with Crippen LogP contribution in [0.2, 0.25) is 0 Å². The number of amides is 2. The molecule has 2 N–H and O–H groups in total. The van der Waals surface area contributed by atoms with Gasteiger partial charge < -0.3 is 48.5 Å². The third-order valence-electron chi connectivity index (χ3n) is 7.80. The highest BCUT2D eigenvalue weighted by atomic mass is 16.6. The van der Waals surface area contributed by atoms with Crippen molar-refractivity contribution in [3.63, 3.8) is 0 Å². The Morgan fingerprint density at radius 2 is 0.796 bits per heavy atom. The number of carbonyl (C=O) groups is 2. The number of nitrogens with one attached hydrogen (secondary N) is 2.